The van der Waals surface area contributed by atoms with E-state index >= 15 is 0 Å². The summed E-state index contributed by atoms with van der Waals surface area (Å²) in [5.41, 5.74) is 5.13. The van der Waals surface area contributed by atoms with Gasteiger partial charge in [-0.1, -0.05) is 43.8 Å². The Labute approximate surface area is 152 Å². The van der Waals surface area contributed by atoms with Gasteiger partial charge in [0, 0.05) is 17.8 Å². The highest BCUT2D eigenvalue weighted by Crippen LogP contribution is 2.39. The lowest BCUT2D eigenvalue weighted by molar-refractivity contribution is 0.591. The molecule has 0 saturated heterocycles. The first kappa shape index (κ1) is 17.2. The first-order chi connectivity index (χ1) is 12.2. The fraction of sp³-hybridized carbons (Fsp3) is 0.250. The third-order valence-corrected chi connectivity index (χ3v) is 5.01. The van der Waals surface area contributed by atoms with E-state index in [4.69, 9.17) is 0 Å². The number of hydrogen-bond acceptors (Lipinski definition) is 5. The van der Waals surface area contributed by atoms with Gasteiger partial charge >= 0.3 is 0 Å². The molecule has 0 atom stereocenters. The van der Waals surface area contributed by atoms with E-state index in [0.29, 0.717) is 11.3 Å². The predicted molar refractivity (Wildman–Crippen MR) is 104 cm³/mol. The number of fused-ring (bicyclic) bond motifs is 1. The van der Waals surface area contributed by atoms with Crippen molar-refractivity contribution in [3.8, 4) is 6.07 Å². The zero-order valence-corrected chi connectivity index (χ0v) is 15.3. The zero-order valence-electron chi connectivity index (χ0n) is 14.5. The van der Waals surface area contributed by atoms with Gasteiger partial charge < -0.3 is 4.90 Å². The molecule has 0 spiro atoms. The van der Waals surface area contributed by atoms with Crippen LogP contribution >= 0.6 is 11.8 Å². The molecule has 1 aliphatic heterocycles. The minimum Gasteiger partial charge on any atom is -0.332 e. The summed E-state index contributed by atoms with van der Waals surface area (Å²) in [6, 6.07) is 12.6. The van der Waals surface area contributed by atoms with Crippen molar-refractivity contribution in [2.24, 2.45) is 4.99 Å². The van der Waals surface area contributed by atoms with Crippen molar-refractivity contribution in [1.29, 1.82) is 5.26 Å². The monoisotopic (exact) mass is 348 g/mol. The SMILES string of the molecule is C=C1c2c(C)nc(SCC)c(C#N)c2N=CN1CCc1ccccc1. The van der Waals surface area contributed by atoms with E-state index in [0.717, 1.165) is 40.7 Å². The van der Waals surface area contributed by atoms with E-state index in [1.165, 1.54) is 5.56 Å². The first-order valence-corrected chi connectivity index (χ1v) is 9.25. The topological polar surface area (TPSA) is 52.3 Å². The van der Waals surface area contributed by atoms with Gasteiger partial charge in [0.1, 0.15) is 16.7 Å². The second-order valence-electron chi connectivity index (χ2n) is 5.77. The minimum atomic E-state index is 0.549. The van der Waals surface area contributed by atoms with Crippen LogP contribution in [0.3, 0.4) is 0 Å². The van der Waals surface area contributed by atoms with Gasteiger partial charge in [0.15, 0.2) is 0 Å². The molecule has 1 aromatic heterocycles. The van der Waals surface area contributed by atoms with Crippen molar-refractivity contribution >= 4 is 29.5 Å². The molecule has 1 aliphatic rings. The number of benzene rings is 1. The molecule has 0 amide bonds. The Balaban J connectivity index is 1.90. The molecule has 2 aromatic rings. The zero-order chi connectivity index (χ0) is 17.8. The second kappa shape index (κ2) is 7.54. The maximum absolute atomic E-state index is 9.58. The smallest absolute Gasteiger partial charge is 0.116 e. The third-order valence-electron chi connectivity index (χ3n) is 4.16. The summed E-state index contributed by atoms with van der Waals surface area (Å²) in [6.45, 7) is 9.04. The molecule has 0 radical (unpaired) electrons. The van der Waals surface area contributed by atoms with Crippen molar-refractivity contribution < 1.29 is 0 Å². The lowest BCUT2D eigenvalue weighted by atomic mass is 10.0. The van der Waals surface area contributed by atoms with Gasteiger partial charge in [-0.25, -0.2) is 9.98 Å². The van der Waals surface area contributed by atoms with Crippen LogP contribution in [-0.2, 0) is 6.42 Å². The summed E-state index contributed by atoms with van der Waals surface area (Å²) >= 11 is 1.57. The fourth-order valence-electron chi connectivity index (χ4n) is 2.91. The molecular formula is C20H20N4S. The molecule has 126 valence electrons. The Bertz CT molecular complexity index is 866. The number of aliphatic imine (C=N–C) groups is 1. The second-order valence-corrected chi connectivity index (χ2v) is 7.02. The first-order valence-electron chi connectivity index (χ1n) is 8.27. The average molecular weight is 348 g/mol. The molecule has 0 N–H and O–H groups in total. The number of aromatic nitrogens is 1. The summed E-state index contributed by atoms with van der Waals surface area (Å²) in [5, 5.41) is 10.3. The molecule has 4 nitrogen and oxygen atoms in total. The van der Waals surface area contributed by atoms with Gasteiger partial charge in [-0.05, 0) is 24.7 Å². The van der Waals surface area contributed by atoms with Gasteiger partial charge in [-0.15, -0.1) is 11.8 Å². The molecule has 0 aliphatic carbocycles. The molecule has 0 fully saturated rings. The number of thioether (sulfide) groups is 1. The normalized spacial score (nSPS) is 12.8. The highest BCUT2D eigenvalue weighted by atomic mass is 32.2. The maximum Gasteiger partial charge on any atom is 0.116 e. The van der Waals surface area contributed by atoms with E-state index in [-0.39, 0.29) is 0 Å². The largest absolute Gasteiger partial charge is 0.332 e. The molecule has 0 unspecified atom stereocenters. The van der Waals surface area contributed by atoms with Crippen molar-refractivity contribution in [2.45, 2.75) is 25.3 Å². The van der Waals surface area contributed by atoms with Gasteiger partial charge in [0.05, 0.1) is 17.7 Å². The number of nitrogens with zero attached hydrogens (tertiary/aromatic N) is 4. The van der Waals surface area contributed by atoms with Crippen LogP contribution in [0.2, 0.25) is 0 Å². The van der Waals surface area contributed by atoms with Crippen LogP contribution in [0.15, 0.2) is 46.9 Å². The molecular weight excluding hydrogens is 328 g/mol. The summed E-state index contributed by atoms with van der Waals surface area (Å²) in [4.78, 5) is 11.2. The van der Waals surface area contributed by atoms with Gasteiger partial charge in [-0.3, -0.25) is 0 Å². The Morgan fingerprint density at radius 3 is 2.72 bits per heavy atom. The van der Waals surface area contributed by atoms with Crippen LogP contribution in [-0.4, -0.2) is 28.5 Å². The average Bonchev–Trinajstić information content (AvgIpc) is 2.62. The van der Waals surface area contributed by atoms with E-state index in [9.17, 15) is 5.26 Å². The predicted octanol–water partition coefficient (Wildman–Crippen LogP) is 4.56. The molecule has 2 heterocycles. The molecule has 1 aromatic carbocycles. The number of aryl methyl sites for hydroxylation is 1. The molecule has 25 heavy (non-hydrogen) atoms. The van der Waals surface area contributed by atoms with Crippen molar-refractivity contribution in [2.75, 3.05) is 12.3 Å². The van der Waals surface area contributed by atoms with E-state index < -0.39 is 0 Å². The molecule has 0 bridgehead atoms. The summed E-state index contributed by atoms with van der Waals surface area (Å²) < 4.78 is 0. The van der Waals surface area contributed by atoms with E-state index in [1.54, 1.807) is 18.1 Å². The van der Waals surface area contributed by atoms with Crippen LogP contribution in [0.25, 0.3) is 5.70 Å². The number of rotatable bonds is 5. The maximum atomic E-state index is 9.58. The van der Waals surface area contributed by atoms with Crippen molar-refractivity contribution in [3.63, 3.8) is 0 Å². The van der Waals surface area contributed by atoms with Crippen LogP contribution in [0.4, 0.5) is 5.69 Å². The summed E-state index contributed by atoms with van der Waals surface area (Å²) in [5.74, 6) is 0.869. The van der Waals surface area contributed by atoms with Crippen LogP contribution in [0, 0.1) is 18.3 Å². The van der Waals surface area contributed by atoms with Crippen LogP contribution in [0.1, 0.15) is 29.3 Å². The summed E-state index contributed by atoms with van der Waals surface area (Å²) in [7, 11) is 0. The highest BCUT2D eigenvalue weighted by Gasteiger charge is 2.24. The van der Waals surface area contributed by atoms with Crippen LogP contribution < -0.4 is 0 Å². The fourth-order valence-corrected chi connectivity index (χ4v) is 3.67. The minimum absolute atomic E-state index is 0.549. The number of pyridine rings is 1. The lowest BCUT2D eigenvalue weighted by Gasteiger charge is -2.28. The Hall–Kier alpha value is -2.58. The van der Waals surface area contributed by atoms with Crippen molar-refractivity contribution in [3.05, 3.63) is 59.3 Å². The Kier molecular flexibility index (Phi) is 5.20. The van der Waals surface area contributed by atoms with Gasteiger partial charge in [0.25, 0.3) is 0 Å². The van der Waals surface area contributed by atoms with E-state index in [2.05, 4.69) is 41.7 Å². The standard InChI is InChI=1S/C20H20N4S/c1-4-25-20-17(12-21)19-18(14(2)23-20)15(3)24(13-22-19)11-10-16-8-6-5-7-9-16/h5-9,13H,3-4,10-11H2,1-2H3. The number of hydrogen-bond donors (Lipinski definition) is 0. The number of nitriles is 1. The van der Waals surface area contributed by atoms with Gasteiger partial charge in [-0.2, -0.15) is 5.26 Å². The van der Waals surface area contributed by atoms with Crippen LogP contribution in [0.5, 0.6) is 0 Å². The Morgan fingerprint density at radius 2 is 2.04 bits per heavy atom. The third kappa shape index (κ3) is 3.45. The van der Waals surface area contributed by atoms with Gasteiger partial charge in [0.2, 0.25) is 0 Å². The Morgan fingerprint density at radius 1 is 1.28 bits per heavy atom. The quantitative estimate of drug-likeness (QED) is 0.743. The van der Waals surface area contributed by atoms with E-state index in [1.807, 2.05) is 30.0 Å². The molecule has 3 rings (SSSR count). The molecule has 0 saturated carbocycles. The lowest BCUT2D eigenvalue weighted by Crippen LogP contribution is -2.26. The highest BCUT2D eigenvalue weighted by molar-refractivity contribution is 7.99. The summed E-state index contributed by atoms with van der Waals surface area (Å²) in [6.07, 6.45) is 2.69. The molecule has 5 heteroatoms. The van der Waals surface area contributed by atoms with Crippen molar-refractivity contribution in [1.82, 2.24) is 9.88 Å².